The minimum Gasteiger partial charge on any atom is -0.332 e. The maximum absolute atomic E-state index is 12.1. The van der Waals surface area contributed by atoms with Crippen molar-refractivity contribution in [1.29, 1.82) is 5.26 Å². The van der Waals surface area contributed by atoms with Crippen LogP contribution in [0, 0.1) is 11.3 Å². The molecule has 0 aliphatic rings. The molecule has 0 fully saturated rings. The Morgan fingerprint density at radius 2 is 2.32 bits per heavy atom. The standard InChI is InChI=1S/C10H12N6O2S/c1-3-8-12-5-9(13-8)19(17,18)15-10-7(4-11)6-16(2)14-10/h5-6H,3H2,1-2H3,(H,12,13)(H,14,15). The third-order valence-corrected chi connectivity index (χ3v) is 3.66. The monoisotopic (exact) mass is 280 g/mol. The Hall–Kier alpha value is -2.34. The van der Waals surface area contributed by atoms with Crippen molar-refractivity contribution in [3.8, 4) is 6.07 Å². The lowest BCUT2D eigenvalue weighted by atomic mass is 10.4. The summed E-state index contributed by atoms with van der Waals surface area (Å²) in [6.07, 6.45) is 3.26. The van der Waals surface area contributed by atoms with Gasteiger partial charge in [0.1, 0.15) is 17.5 Å². The molecule has 8 nitrogen and oxygen atoms in total. The minimum atomic E-state index is -3.82. The number of nitriles is 1. The molecular weight excluding hydrogens is 268 g/mol. The van der Waals surface area contributed by atoms with Crippen molar-refractivity contribution in [1.82, 2.24) is 19.7 Å². The van der Waals surface area contributed by atoms with Crippen molar-refractivity contribution in [2.75, 3.05) is 4.72 Å². The van der Waals surface area contributed by atoms with Gasteiger partial charge in [0.05, 0.1) is 6.20 Å². The van der Waals surface area contributed by atoms with Gasteiger partial charge in [0.25, 0.3) is 10.0 Å². The molecule has 0 atom stereocenters. The molecule has 0 radical (unpaired) electrons. The van der Waals surface area contributed by atoms with Gasteiger partial charge in [0, 0.05) is 19.7 Å². The van der Waals surface area contributed by atoms with E-state index in [1.54, 1.807) is 7.05 Å². The maximum atomic E-state index is 12.1. The molecule has 0 aromatic carbocycles. The first kappa shape index (κ1) is 13.1. The minimum absolute atomic E-state index is 0.00218. The van der Waals surface area contributed by atoms with Crippen LogP contribution in [-0.4, -0.2) is 28.2 Å². The topological polar surface area (TPSA) is 116 Å². The van der Waals surface area contributed by atoms with Gasteiger partial charge in [0.15, 0.2) is 10.8 Å². The van der Waals surface area contributed by atoms with E-state index in [-0.39, 0.29) is 16.4 Å². The van der Waals surface area contributed by atoms with Gasteiger partial charge in [-0.2, -0.15) is 18.8 Å². The summed E-state index contributed by atoms with van der Waals surface area (Å²) in [7, 11) is -2.22. The van der Waals surface area contributed by atoms with Gasteiger partial charge < -0.3 is 4.98 Å². The predicted molar refractivity (Wildman–Crippen MR) is 66.7 cm³/mol. The third kappa shape index (κ3) is 2.58. The van der Waals surface area contributed by atoms with Gasteiger partial charge >= 0.3 is 0 Å². The fraction of sp³-hybridized carbons (Fsp3) is 0.300. The van der Waals surface area contributed by atoms with E-state index in [1.807, 2.05) is 13.0 Å². The summed E-state index contributed by atoms with van der Waals surface area (Å²) in [4.78, 5) is 6.61. The quantitative estimate of drug-likeness (QED) is 0.839. The second-order valence-corrected chi connectivity index (χ2v) is 5.48. The number of sulfonamides is 1. The molecule has 9 heteroatoms. The van der Waals surface area contributed by atoms with Crippen LogP contribution in [0.2, 0.25) is 0 Å². The van der Waals surface area contributed by atoms with Crippen LogP contribution in [-0.2, 0) is 23.5 Å². The lowest BCUT2D eigenvalue weighted by Crippen LogP contribution is -2.14. The highest BCUT2D eigenvalue weighted by atomic mass is 32.2. The van der Waals surface area contributed by atoms with Crippen molar-refractivity contribution in [2.45, 2.75) is 18.4 Å². The Bertz CT molecular complexity index is 736. The molecule has 2 N–H and O–H groups in total. The zero-order valence-electron chi connectivity index (χ0n) is 10.4. The lowest BCUT2D eigenvalue weighted by Gasteiger charge is -2.02. The maximum Gasteiger partial charge on any atom is 0.280 e. The smallest absolute Gasteiger partial charge is 0.280 e. The molecule has 0 spiro atoms. The first-order valence-electron chi connectivity index (χ1n) is 5.46. The number of rotatable bonds is 4. The van der Waals surface area contributed by atoms with E-state index in [0.717, 1.165) is 0 Å². The number of hydrogen-bond donors (Lipinski definition) is 2. The van der Waals surface area contributed by atoms with Crippen LogP contribution in [0.25, 0.3) is 0 Å². The molecule has 2 rings (SSSR count). The first-order chi connectivity index (χ1) is 8.96. The SMILES string of the molecule is CCc1ncc(S(=O)(=O)Nc2nn(C)cc2C#N)[nH]1. The number of aromatic nitrogens is 4. The summed E-state index contributed by atoms with van der Waals surface area (Å²) in [5.41, 5.74) is 0.154. The van der Waals surface area contributed by atoms with Crippen LogP contribution >= 0.6 is 0 Å². The molecule has 0 amide bonds. The van der Waals surface area contributed by atoms with Gasteiger partial charge in [-0.1, -0.05) is 6.92 Å². The van der Waals surface area contributed by atoms with E-state index in [2.05, 4.69) is 19.8 Å². The van der Waals surface area contributed by atoms with E-state index in [4.69, 9.17) is 5.26 Å². The number of imidazole rings is 1. The van der Waals surface area contributed by atoms with Crippen molar-refractivity contribution in [3.05, 3.63) is 23.8 Å². The highest BCUT2D eigenvalue weighted by Gasteiger charge is 2.20. The lowest BCUT2D eigenvalue weighted by molar-refractivity contribution is 0.597. The van der Waals surface area contributed by atoms with Crippen LogP contribution in [0.3, 0.4) is 0 Å². The largest absolute Gasteiger partial charge is 0.332 e. The fourth-order valence-electron chi connectivity index (χ4n) is 1.49. The Labute approximate surface area is 110 Å². The number of hydrogen-bond acceptors (Lipinski definition) is 5. The van der Waals surface area contributed by atoms with Gasteiger partial charge in [-0.15, -0.1) is 0 Å². The molecule has 0 saturated heterocycles. The molecule has 19 heavy (non-hydrogen) atoms. The molecular formula is C10H12N6O2S. The van der Waals surface area contributed by atoms with Crippen LogP contribution in [0.15, 0.2) is 17.4 Å². The fourth-order valence-corrected chi connectivity index (χ4v) is 2.45. The summed E-state index contributed by atoms with van der Waals surface area (Å²) in [5, 5.41) is 12.7. The second-order valence-electron chi connectivity index (χ2n) is 3.83. The molecule has 2 aromatic heterocycles. The molecule has 0 bridgehead atoms. The van der Waals surface area contributed by atoms with Crippen molar-refractivity contribution >= 4 is 15.8 Å². The second kappa shape index (κ2) is 4.74. The van der Waals surface area contributed by atoms with Crippen LogP contribution < -0.4 is 4.72 Å². The van der Waals surface area contributed by atoms with E-state index >= 15 is 0 Å². The zero-order valence-corrected chi connectivity index (χ0v) is 11.2. The summed E-state index contributed by atoms with van der Waals surface area (Å²) >= 11 is 0. The Morgan fingerprint density at radius 1 is 1.58 bits per heavy atom. The molecule has 0 aliphatic heterocycles. The van der Waals surface area contributed by atoms with Crippen LogP contribution in [0.4, 0.5) is 5.82 Å². The molecule has 0 unspecified atom stereocenters. The molecule has 100 valence electrons. The Morgan fingerprint density at radius 3 is 2.89 bits per heavy atom. The molecule has 2 aromatic rings. The van der Waals surface area contributed by atoms with Crippen molar-refractivity contribution in [3.63, 3.8) is 0 Å². The van der Waals surface area contributed by atoms with Crippen LogP contribution in [0.5, 0.6) is 0 Å². The summed E-state index contributed by atoms with van der Waals surface area (Å²) in [5.74, 6) is 0.569. The number of nitrogens with one attached hydrogen (secondary N) is 2. The summed E-state index contributed by atoms with van der Waals surface area (Å²) in [6, 6.07) is 1.87. The average molecular weight is 280 g/mol. The van der Waals surface area contributed by atoms with E-state index in [1.165, 1.54) is 17.1 Å². The number of aryl methyl sites for hydroxylation is 2. The normalized spacial score (nSPS) is 11.2. The number of aromatic amines is 1. The Balaban J connectivity index is 2.33. The van der Waals surface area contributed by atoms with E-state index < -0.39 is 10.0 Å². The molecule has 0 aliphatic carbocycles. The summed E-state index contributed by atoms with van der Waals surface area (Å²) in [6.45, 7) is 1.86. The van der Waals surface area contributed by atoms with Gasteiger partial charge in [-0.25, -0.2) is 4.98 Å². The zero-order chi connectivity index (χ0) is 14.0. The average Bonchev–Trinajstić information content (AvgIpc) is 2.95. The van der Waals surface area contributed by atoms with E-state index in [9.17, 15) is 8.42 Å². The van der Waals surface area contributed by atoms with Gasteiger partial charge in [-0.05, 0) is 0 Å². The van der Waals surface area contributed by atoms with Crippen molar-refractivity contribution in [2.24, 2.45) is 7.05 Å². The number of nitrogens with zero attached hydrogens (tertiary/aromatic N) is 4. The van der Waals surface area contributed by atoms with Crippen LogP contribution in [0.1, 0.15) is 18.3 Å². The highest BCUT2D eigenvalue weighted by molar-refractivity contribution is 7.92. The number of anilines is 1. The third-order valence-electron chi connectivity index (χ3n) is 2.41. The van der Waals surface area contributed by atoms with Crippen molar-refractivity contribution < 1.29 is 8.42 Å². The molecule has 0 saturated carbocycles. The highest BCUT2D eigenvalue weighted by Crippen LogP contribution is 2.16. The first-order valence-corrected chi connectivity index (χ1v) is 6.95. The Kier molecular flexibility index (Phi) is 3.26. The van der Waals surface area contributed by atoms with Gasteiger partial charge in [0.2, 0.25) is 0 Å². The number of H-pyrrole nitrogens is 1. The summed E-state index contributed by atoms with van der Waals surface area (Å²) < 4.78 is 27.8. The van der Waals surface area contributed by atoms with Gasteiger partial charge in [-0.3, -0.25) is 9.40 Å². The van der Waals surface area contributed by atoms with E-state index in [0.29, 0.717) is 12.2 Å². The molecule has 2 heterocycles. The predicted octanol–water partition coefficient (Wildman–Crippen LogP) is 0.378.